The van der Waals surface area contributed by atoms with E-state index >= 15 is 0 Å². The summed E-state index contributed by atoms with van der Waals surface area (Å²) in [6, 6.07) is 3.26. The summed E-state index contributed by atoms with van der Waals surface area (Å²) in [5, 5.41) is 8.78. The van der Waals surface area contributed by atoms with E-state index in [4.69, 9.17) is 21.7 Å². The van der Waals surface area contributed by atoms with Gasteiger partial charge < -0.3 is 5.73 Å². The van der Waals surface area contributed by atoms with E-state index in [0.717, 1.165) is 6.07 Å². The molecule has 2 N–H and O–H groups in total. The van der Waals surface area contributed by atoms with Gasteiger partial charge in [-0.2, -0.15) is 18.4 Å². The molecule has 1 rings (SSSR count). The normalized spacial score (nSPS) is 12.2. The maximum absolute atomic E-state index is 12.3. The molecular formula is C9H6ClF3N2O2S2. The standard InChI is InChI=1S/C9H6ClF3N2O2S2/c10-19(16,17)8-2-7(18-9(11,12)13)5(3-14)1-6(8)4-15/h1-2H,3,14H2. The lowest BCUT2D eigenvalue weighted by atomic mass is 10.1. The molecule has 1 aromatic carbocycles. The van der Waals surface area contributed by atoms with Gasteiger partial charge in [0.15, 0.2) is 0 Å². The van der Waals surface area contributed by atoms with E-state index < -0.39 is 36.1 Å². The van der Waals surface area contributed by atoms with E-state index in [0.29, 0.717) is 6.07 Å². The molecule has 0 aromatic heterocycles. The Morgan fingerprint density at radius 3 is 2.37 bits per heavy atom. The number of hydrogen-bond donors (Lipinski definition) is 1. The first-order chi connectivity index (χ1) is 8.58. The molecule has 0 fully saturated rings. The minimum absolute atomic E-state index is 0.0166. The summed E-state index contributed by atoms with van der Waals surface area (Å²) in [7, 11) is 0.760. The zero-order valence-electron chi connectivity index (χ0n) is 9.03. The fraction of sp³-hybridized carbons (Fsp3) is 0.222. The summed E-state index contributed by atoms with van der Waals surface area (Å²) in [6.07, 6.45) is 0. The van der Waals surface area contributed by atoms with Crippen LogP contribution < -0.4 is 5.73 Å². The predicted molar refractivity (Wildman–Crippen MR) is 64.0 cm³/mol. The van der Waals surface area contributed by atoms with E-state index in [1.807, 2.05) is 0 Å². The van der Waals surface area contributed by atoms with Gasteiger partial charge in [-0.3, -0.25) is 0 Å². The van der Waals surface area contributed by atoms with Crippen molar-refractivity contribution in [3.63, 3.8) is 0 Å². The average molecular weight is 331 g/mol. The molecule has 10 heteroatoms. The highest BCUT2D eigenvalue weighted by Gasteiger charge is 2.31. The zero-order chi connectivity index (χ0) is 14.8. The minimum Gasteiger partial charge on any atom is -0.326 e. The molecule has 1 aromatic rings. The van der Waals surface area contributed by atoms with Gasteiger partial charge in [0.2, 0.25) is 0 Å². The molecule has 0 aliphatic rings. The second-order valence-electron chi connectivity index (χ2n) is 3.26. The van der Waals surface area contributed by atoms with Crippen molar-refractivity contribution in [1.82, 2.24) is 0 Å². The lowest BCUT2D eigenvalue weighted by Crippen LogP contribution is -2.07. The fourth-order valence-corrected chi connectivity index (χ4v) is 3.06. The van der Waals surface area contributed by atoms with Crippen molar-refractivity contribution in [2.45, 2.75) is 21.8 Å². The molecule has 104 valence electrons. The number of halogens is 4. The third kappa shape index (κ3) is 4.28. The summed E-state index contributed by atoms with van der Waals surface area (Å²) in [6.45, 7) is -0.268. The quantitative estimate of drug-likeness (QED) is 0.680. The van der Waals surface area contributed by atoms with Crippen molar-refractivity contribution in [3.05, 3.63) is 23.3 Å². The maximum atomic E-state index is 12.3. The highest BCUT2D eigenvalue weighted by atomic mass is 35.7. The first-order valence-electron chi connectivity index (χ1n) is 4.56. The van der Waals surface area contributed by atoms with Crippen LogP contribution in [0.15, 0.2) is 21.9 Å². The molecule has 0 atom stereocenters. The molecule has 0 aliphatic heterocycles. The van der Waals surface area contributed by atoms with Crippen LogP contribution in [0.3, 0.4) is 0 Å². The first kappa shape index (κ1) is 16.1. The number of nitrogens with zero attached hydrogens (tertiary/aromatic N) is 1. The van der Waals surface area contributed by atoms with Gasteiger partial charge >= 0.3 is 5.51 Å². The monoisotopic (exact) mass is 330 g/mol. The highest BCUT2D eigenvalue weighted by Crippen LogP contribution is 2.40. The van der Waals surface area contributed by atoms with Gasteiger partial charge in [0.1, 0.15) is 11.0 Å². The molecule has 0 heterocycles. The second-order valence-corrected chi connectivity index (χ2v) is 6.90. The van der Waals surface area contributed by atoms with Gasteiger partial charge in [-0.15, -0.1) is 0 Å². The van der Waals surface area contributed by atoms with Gasteiger partial charge in [-0.05, 0) is 29.5 Å². The van der Waals surface area contributed by atoms with E-state index in [1.54, 1.807) is 6.07 Å². The van der Waals surface area contributed by atoms with Crippen LogP contribution >= 0.6 is 22.4 Å². The van der Waals surface area contributed by atoms with Crippen LogP contribution in [0.1, 0.15) is 11.1 Å². The first-order valence-corrected chi connectivity index (χ1v) is 7.68. The van der Waals surface area contributed by atoms with Gasteiger partial charge in [0.05, 0.1) is 5.56 Å². The third-order valence-electron chi connectivity index (χ3n) is 1.99. The SMILES string of the molecule is N#Cc1cc(CN)c(SC(F)(F)F)cc1S(=O)(=O)Cl. The number of nitriles is 1. The van der Waals surface area contributed by atoms with Gasteiger partial charge in [0, 0.05) is 22.1 Å². The number of benzene rings is 1. The fourth-order valence-electron chi connectivity index (χ4n) is 1.27. The van der Waals surface area contributed by atoms with E-state index in [2.05, 4.69) is 0 Å². The molecule has 19 heavy (non-hydrogen) atoms. The Morgan fingerprint density at radius 1 is 1.42 bits per heavy atom. The van der Waals surface area contributed by atoms with Crippen LogP contribution in [0.4, 0.5) is 13.2 Å². The smallest absolute Gasteiger partial charge is 0.326 e. The summed E-state index contributed by atoms with van der Waals surface area (Å²) < 4.78 is 59.5. The largest absolute Gasteiger partial charge is 0.446 e. The molecule has 0 bridgehead atoms. The highest BCUT2D eigenvalue weighted by molar-refractivity contribution is 8.13. The summed E-state index contributed by atoms with van der Waals surface area (Å²) in [5.74, 6) is 0. The van der Waals surface area contributed by atoms with E-state index in [9.17, 15) is 21.6 Å². The predicted octanol–water partition coefficient (Wildman–Crippen LogP) is 2.56. The van der Waals surface area contributed by atoms with Gasteiger partial charge in [-0.25, -0.2) is 8.42 Å². The molecule has 0 amide bonds. The van der Waals surface area contributed by atoms with Crippen molar-refractivity contribution >= 4 is 31.5 Å². The molecule has 4 nitrogen and oxygen atoms in total. The lowest BCUT2D eigenvalue weighted by molar-refractivity contribution is -0.0328. The molecule has 0 saturated carbocycles. The summed E-state index contributed by atoms with van der Waals surface area (Å²) >= 11 is -0.511. The second kappa shape index (κ2) is 5.58. The Kier molecular flexibility index (Phi) is 4.73. The number of rotatable bonds is 3. The topological polar surface area (TPSA) is 83.9 Å². The van der Waals surface area contributed by atoms with Crippen LogP contribution in [0.5, 0.6) is 0 Å². The van der Waals surface area contributed by atoms with Gasteiger partial charge in [0.25, 0.3) is 9.05 Å². The van der Waals surface area contributed by atoms with Crippen LogP contribution in [0.2, 0.25) is 0 Å². The summed E-state index contributed by atoms with van der Waals surface area (Å²) in [5.41, 5.74) is 0.345. The van der Waals surface area contributed by atoms with Crippen molar-refractivity contribution in [3.8, 4) is 6.07 Å². The van der Waals surface area contributed by atoms with Gasteiger partial charge in [-0.1, -0.05) is 0 Å². The number of thioether (sulfide) groups is 1. The lowest BCUT2D eigenvalue weighted by Gasteiger charge is -2.12. The van der Waals surface area contributed by atoms with Crippen LogP contribution in [0.25, 0.3) is 0 Å². The molecule has 0 saturated heterocycles. The van der Waals surface area contributed by atoms with Crippen LogP contribution in [-0.4, -0.2) is 13.9 Å². The Morgan fingerprint density at radius 2 is 2.00 bits per heavy atom. The Hall–Kier alpha value is -0.950. The maximum Gasteiger partial charge on any atom is 0.446 e. The zero-order valence-corrected chi connectivity index (χ0v) is 11.4. The van der Waals surface area contributed by atoms with E-state index in [1.165, 1.54) is 0 Å². The van der Waals surface area contributed by atoms with E-state index in [-0.39, 0.29) is 17.7 Å². The Labute approximate surface area is 115 Å². The van der Waals surface area contributed by atoms with Crippen LogP contribution in [-0.2, 0) is 15.6 Å². The molecule has 0 aliphatic carbocycles. The minimum atomic E-state index is -4.61. The van der Waals surface area contributed by atoms with Crippen LogP contribution in [0, 0.1) is 11.3 Å². The number of alkyl halides is 3. The van der Waals surface area contributed by atoms with Crippen molar-refractivity contribution in [2.75, 3.05) is 0 Å². The molecular weight excluding hydrogens is 325 g/mol. The molecule has 0 spiro atoms. The average Bonchev–Trinajstić information content (AvgIpc) is 2.25. The number of hydrogen-bond acceptors (Lipinski definition) is 5. The summed E-state index contributed by atoms with van der Waals surface area (Å²) in [4.78, 5) is -1.06. The Balaban J connectivity index is 3.52. The van der Waals surface area contributed by atoms with Crippen molar-refractivity contribution in [2.24, 2.45) is 5.73 Å². The third-order valence-corrected chi connectivity index (χ3v) is 4.18. The molecule has 0 unspecified atom stereocenters. The Bertz CT molecular complexity index is 638. The van der Waals surface area contributed by atoms with Crippen molar-refractivity contribution in [1.29, 1.82) is 5.26 Å². The van der Waals surface area contributed by atoms with Crippen molar-refractivity contribution < 1.29 is 21.6 Å². The number of nitrogens with two attached hydrogens (primary N) is 1. The molecule has 0 radical (unpaired) electrons.